The number of benzene rings is 2. The Labute approximate surface area is 126 Å². The lowest BCUT2D eigenvalue weighted by Crippen LogP contribution is -2.08. The average Bonchev–Trinajstić information content (AvgIpc) is 3.12. The summed E-state index contributed by atoms with van der Waals surface area (Å²) in [6.45, 7) is 2.22. The van der Waals surface area contributed by atoms with Gasteiger partial charge in [-0.25, -0.2) is 0 Å². The van der Waals surface area contributed by atoms with E-state index in [1.165, 1.54) is 22.3 Å². The first-order chi connectivity index (χ1) is 9.83. The van der Waals surface area contributed by atoms with Gasteiger partial charge in [-0.15, -0.1) is 0 Å². The molecule has 0 amide bonds. The van der Waals surface area contributed by atoms with Crippen molar-refractivity contribution in [3.05, 3.63) is 64.7 Å². The van der Waals surface area contributed by atoms with Gasteiger partial charge in [0.15, 0.2) is 0 Å². The third kappa shape index (κ3) is 1.97. The van der Waals surface area contributed by atoms with Gasteiger partial charge in [0.25, 0.3) is 0 Å². The predicted octanol–water partition coefficient (Wildman–Crippen LogP) is 4.33. The van der Waals surface area contributed by atoms with Gasteiger partial charge < -0.3 is 9.47 Å². The standard InChI is InChI=1S/C17H15BrO2/c18-17(11-5-6-12-8-19-9-13(12)7-11)15-10-20-16-4-2-1-3-14(15)16/h1-7,15,17H,8-10H2. The number of para-hydroxylation sites is 1. The summed E-state index contributed by atoms with van der Waals surface area (Å²) < 4.78 is 11.3. The molecule has 0 saturated carbocycles. The van der Waals surface area contributed by atoms with Crippen molar-refractivity contribution in [1.29, 1.82) is 0 Å². The Hall–Kier alpha value is -1.32. The first kappa shape index (κ1) is 12.4. The molecule has 2 aromatic carbocycles. The Morgan fingerprint density at radius 3 is 2.85 bits per heavy atom. The molecule has 0 aromatic heterocycles. The lowest BCUT2D eigenvalue weighted by Gasteiger charge is -2.18. The third-order valence-corrected chi connectivity index (χ3v) is 5.32. The number of ether oxygens (including phenoxy) is 2. The van der Waals surface area contributed by atoms with Gasteiger partial charge in [-0.3, -0.25) is 0 Å². The average molecular weight is 331 g/mol. The molecule has 2 aliphatic rings. The van der Waals surface area contributed by atoms with Crippen LogP contribution in [-0.2, 0) is 18.0 Å². The van der Waals surface area contributed by atoms with Gasteiger partial charge in [0.2, 0.25) is 0 Å². The van der Waals surface area contributed by atoms with Crippen molar-refractivity contribution in [3.63, 3.8) is 0 Å². The van der Waals surface area contributed by atoms with Gasteiger partial charge >= 0.3 is 0 Å². The van der Waals surface area contributed by atoms with Crippen LogP contribution in [0.15, 0.2) is 42.5 Å². The van der Waals surface area contributed by atoms with Crippen molar-refractivity contribution in [3.8, 4) is 5.75 Å². The molecule has 102 valence electrons. The molecular weight excluding hydrogens is 316 g/mol. The monoisotopic (exact) mass is 330 g/mol. The van der Waals surface area contributed by atoms with Crippen LogP contribution in [0.5, 0.6) is 5.75 Å². The summed E-state index contributed by atoms with van der Waals surface area (Å²) >= 11 is 3.87. The molecule has 2 aromatic rings. The zero-order valence-corrected chi connectivity index (χ0v) is 12.6. The van der Waals surface area contributed by atoms with Crippen molar-refractivity contribution in [2.24, 2.45) is 0 Å². The quantitative estimate of drug-likeness (QED) is 0.763. The number of halogens is 1. The summed E-state index contributed by atoms with van der Waals surface area (Å²) in [5, 5.41) is 0. The molecule has 0 radical (unpaired) electrons. The number of hydrogen-bond acceptors (Lipinski definition) is 2. The summed E-state index contributed by atoms with van der Waals surface area (Å²) in [5.41, 5.74) is 5.24. The SMILES string of the molecule is BrC(c1ccc2c(c1)COC2)C1COc2ccccc21. The van der Waals surface area contributed by atoms with Crippen molar-refractivity contribution in [2.75, 3.05) is 6.61 Å². The molecule has 2 aliphatic heterocycles. The van der Waals surface area contributed by atoms with Gasteiger partial charge in [-0.05, 0) is 22.8 Å². The predicted molar refractivity (Wildman–Crippen MR) is 81.3 cm³/mol. The van der Waals surface area contributed by atoms with Crippen LogP contribution in [0, 0.1) is 0 Å². The Bertz CT molecular complexity index is 653. The van der Waals surface area contributed by atoms with E-state index >= 15 is 0 Å². The van der Waals surface area contributed by atoms with Crippen molar-refractivity contribution in [1.82, 2.24) is 0 Å². The molecule has 20 heavy (non-hydrogen) atoms. The maximum Gasteiger partial charge on any atom is 0.122 e. The lowest BCUT2D eigenvalue weighted by molar-refractivity contribution is 0.134. The molecule has 3 heteroatoms. The first-order valence-electron chi connectivity index (χ1n) is 6.88. The molecule has 0 N–H and O–H groups in total. The number of hydrogen-bond donors (Lipinski definition) is 0. The highest BCUT2D eigenvalue weighted by Crippen LogP contribution is 2.45. The van der Waals surface area contributed by atoms with E-state index in [2.05, 4.69) is 46.3 Å². The highest BCUT2D eigenvalue weighted by atomic mass is 79.9. The maximum absolute atomic E-state index is 5.79. The van der Waals surface area contributed by atoms with E-state index in [0.29, 0.717) is 5.92 Å². The van der Waals surface area contributed by atoms with E-state index in [-0.39, 0.29) is 4.83 Å². The number of rotatable bonds is 2. The summed E-state index contributed by atoms with van der Waals surface area (Å²) in [6.07, 6.45) is 0. The molecular formula is C17H15BrO2. The van der Waals surface area contributed by atoms with Crippen LogP contribution in [0.4, 0.5) is 0 Å². The maximum atomic E-state index is 5.79. The Morgan fingerprint density at radius 2 is 1.90 bits per heavy atom. The van der Waals surface area contributed by atoms with Crippen LogP contribution in [0.2, 0.25) is 0 Å². The van der Waals surface area contributed by atoms with Gasteiger partial charge in [-0.1, -0.05) is 52.3 Å². The normalized spacial score (nSPS) is 21.1. The molecule has 0 saturated heterocycles. The molecule has 0 spiro atoms. The smallest absolute Gasteiger partial charge is 0.122 e. The van der Waals surface area contributed by atoms with E-state index in [1.807, 2.05) is 12.1 Å². The van der Waals surface area contributed by atoms with E-state index in [9.17, 15) is 0 Å². The second-order valence-corrected chi connectivity index (χ2v) is 6.36. The highest BCUT2D eigenvalue weighted by molar-refractivity contribution is 9.09. The molecule has 2 unspecified atom stereocenters. The van der Waals surface area contributed by atoms with E-state index in [1.54, 1.807) is 0 Å². The fourth-order valence-corrected chi connectivity index (χ4v) is 3.75. The van der Waals surface area contributed by atoms with Gasteiger partial charge in [-0.2, -0.15) is 0 Å². The molecule has 2 nitrogen and oxygen atoms in total. The first-order valence-corrected chi connectivity index (χ1v) is 7.80. The summed E-state index contributed by atoms with van der Waals surface area (Å²) in [5.74, 6) is 1.39. The van der Waals surface area contributed by atoms with Gasteiger partial charge in [0.05, 0.1) is 19.8 Å². The summed E-state index contributed by atoms with van der Waals surface area (Å²) in [4.78, 5) is 0.275. The Morgan fingerprint density at radius 1 is 1.05 bits per heavy atom. The highest BCUT2D eigenvalue weighted by Gasteiger charge is 2.31. The molecule has 2 heterocycles. The largest absolute Gasteiger partial charge is 0.493 e. The zero-order chi connectivity index (χ0) is 13.5. The van der Waals surface area contributed by atoms with Crippen molar-refractivity contribution in [2.45, 2.75) is 24.0 Å². The van der Waals surface area contributed by atoms with Crippen LogP contribution in [0.25, 0.3) is 0 Å². The van der Waals surface area contributed by atoms with E-state index in [4.69, 9.17) is 9.47 Å². The zero-order valence-electron chi connectivity index (χ0n) is 11.0. The minimum Gasteiger partial charge on any atom is -0.493 e. The second kappa shape index (κ2) is 4.90. The van der Waals surface area contributed by atoms with Crippen LogP contribution in [-0.4, -0.2) is 6.61 Å². The molecule has 0 fully saturated rings. The van der Waals surface area contributed by atoms with Crippen LogP contribution in [0.1, 0.15) is 33.0 Å². The van der Waals surface area contributed by atoms with Crippen molar-refractivity contribution >= 4 is 15.9 Å². The fourth-order valence-electron chi connectivity index (χ4n) is 3.03. The summed E-state index contributed by atoms with van der Waals surface area (Å²) in [7, 11) is 0. The minimum absolute atomic E-state index is 0.275. The van der Waals surface area contributed by atoms with Crippen molar-refractivity contribution < 1.29 is 9.47 Å². The lowest BCUT2D eigenvalue weighted by atomic mass is 9.92. The van der Waals surface area contributed by atoms with Crippen LogP contribution >= 0.6 is 15.9 Å². The molecule has 4 rings (SSSR count). The Kier molecular flexibility index (Phi) is 3.04. The minimum atomic E-state index is 0.275. The second-order valence-electron chi connectivity index (χ2n) is 5.38. The fraction of sp³-hybridized carbons (Fsp3) is 0.294. The summed E-state index contributed by atoms with van der Waals surface area (Å²) in [6, 6.07) is 15.0. The molecule has 2 atom stereocenters. The molecule has 0 aliphatic carbocycles. The van der Waals surface area contributed by atoms with E-state index < -0.39 is 0 Å². The Balaban J connectivity index is 1.67. The number of fused-ring (bicyclic) bond motifs is 2. The third-order valence-electron chi connectivity index (χ3n) is 4.15. The van der Waals surface area contributed by atoms with Crippen LogP contribution < -0.4 is 4.74 Å². The van der Waals surface area contributed by atoms with Crippen LogP contribution in [0.3, 0.4) is 0 Å². The van der Waals surface area contributed by atoms with Gasteiger partial charge in [0.1, 0.15) is 5.75 Å². The number of alkyl halides is 1. The van der Waals surface area contributed by atoms with Gasteiger partial charge in [0, 0.05) is 16.3 Å². The van der Waals surface area contributed by atoms with E-state index in [0.717, 1.165) is 25.6 Å². The molecule has 0 bridgehead atoms. The topological polar surface area (TPSA) is 18.5 Å².